The molecule has 1 aromatic rings. The molecule has 6 nitrogen and oxygen atoms in total. The lowest BCUT2D eigenvalue weighted by molar-refractivity contribution is -0.135. The van der Waals surface area contributed by atoms with Crippen molar-refractivity contribution >= 4 is 36.5 Å². The molecule has 1 fully saturated rings. The largest absolute Gasteiger partial charge is 0.353 e. The molecule has 2 atom stereocenters. The minimum atomic E-state index is 0. The number of nitrogens with one attached hydrogen (secondary N) is 1. The first-order chi connectivity index (χ1) is 10.1. The fourth-order valence-electron chi connectivity index (χ4n) is 2.86. The van der Waals surface area contributed by atoms with E-state index >= 15 is 0 Å². The van der Waals surface area contributed by atoms with Gasteiger partial charge in [0.05, 0.1) is 0 Å². The fraction of sp³-hybridized carbons (Fsp3) is 0.667. The number of carbonyl (C=O) groups excluding carboxylic acids is 1. The molecule has 1 N–H and O–H groups in total. The normalized spacial score (nSPS) is 18.4. The van der Waals surface area contributed by atoms with Gasteiger partial charge in [0.2, 0.25) is 5.91 Å². The molecule has 23 heavy (non-hydrogen) atoms. The third-order valence-electron chi connectivity index (χ3n) is 4.11. The van der Waals surface area contributed by atoms with Gasteiger partial charge in [0.25, 0.3) is 0 Å². The summed E-state index contributed by atoms with van der Waals surface area (Å²) in [6.45, 7) is 4.48. The van der Waals surface area contributed by atoms with E-state index in [4.69, 9.17) is 0 Å². The second kappa shape index (κ2) is 10.6. The summed E-state index contributed by atoms with van der Waals surface area (Å²) in [7, 11) is 3.79. The van der Waals surface area contributed by atoms with Crippen LogP contribution >= 0.6 is 24.8 Å². The quantitative estimate of drug-likeness (QED) is 0.860. The number of anilines is 1. The minimum Gasteiger partial charge on any atom is -0.353 e. The van der Waals surface area contributed by atoms with E-state index in [0.29, 0.717) is 6.54 Å². The van der Waals surface area contributed by atoms with Crippen LogP contribution in [0.3, 0.4) is 0 Å². The van der Waals surface area contributed by atoms with Gasteiger partial charge in [-0.1, -0.05) is 6.92 Å². The van der Waals surface area contributed by atoms with E-state index in [1.165, 1.54) is 0 Å². The molecule has 0 radical (unpaired) electrons. The lowest BCUT2D eigenvalue weighted by Crippen LogP contribution is -2.50. The van der Waals surface area contributed by atoms with E-state index in [1.54, 1.807) is 6.20 Å². The molecule has 0 aromatic carbocycles. The van der Waals surface area contributed by atoms with Crippen molar-refractivity contribution in [2.75, 3.05) is 38.6 Å². The summed E-state index contributed by atoms with van der Waals surface area (Å²) in [5.41, 5.74) is 0. The van der Waals surface area contributed by atoms with Crippen LogP contribution < -0.4 is 10.2 Å². The lowest BCUT2D eigenvalue weighted by atomic mass is 10.0. The number of amides is 1. The summed E-state index contributed by atoms with van der Waals surface area (Å²) >= 11 is 0. The first-order valence-electron chi connectivity index (χ1n) is 7.57. The number of piperidine rings is 1. The van der Waals surface area contributed by atoms with Gasteiger partial charge in [-0.3, -0.25) is 4.79 Å². The van der Waals surface area contributed by atoms with Crippen LogP contribution in [0.1, 0.15) is 19.8 Å². The summed E-state index contributed by atoms with van der Waals surface area (Å²) in [5, 5.41) is 11.2. The molecule has 0 bridgehead atoms. The number of hydrogen-bond acceptors (Lipinski definition) is 5. The number of rotatable bonds is 5. The first kappa shape index (κ1) is 21.9. The van der Waals surface area contributed by atoms with Crippen LogP contribution in [0.25, 0.3) is 0 Å². The number of halogens is 2. The van der Waals surface area contributed by atoms with Gasteiger partial charge < -0.3 is 15.1 Å². The van der Waals surface area contributed by atoms with Crippen molar-refractivity contribution < 1.29 is 4.79 Å². The Labute approximate surface area is 150 Å². The van der Waals surface area contributed by atoms with Crippen molar-refractivity contribution in [3.05, 3.63) is 18.3 Å². The van der Waals surface area contributed by atoms with Crippen LogP contribution in [0.4, 0.5) is 5.82 Å². The number of carbonyl (C=O) groups is 1. The molecular formula is C15H27Cl2N5O. The smallest absolute Gasteiger partial charge is 0.226 e. The zero-order chi connectivity index (χ0) is 15.2. The third kappa shape index (κ3) is 5.79. The number of aromatic nitrogens is 2. The van der Waals surface area contributed by atoms with E-state index in [1.807, 2.05) is 38.1 Å². The van der Waals surface area contributed by atoms with Crippen LogP contribution in [0.5, 0.6) is 0 Å². The molecule has 1 aliphatic heterocycles. The Balaban J connectivity index is 0.00000242. The van der Waals surface area contributed by atoms with Crippen LogP contribution in [0.15, 0.2) is 18.3 Å². The fourth-order valence-corrected chi connectivity index (χ4v) is 2.86. The molecule has 2 unspecified atom stereocenters. The van der Waals surface area contributed by atoms with Gasteiger partial charge in [-0.15, -0.1) is 29.9 Å². The van der Waals surface area contributed by atoms with E-state index in [-0.39, 0.29) is 42.7 Å². The zero-order valence-corrected chi connectivity index (χ0v) is 15.6. The predicted octanol–water partition coefficient (Wildman–Crippen LogP) is 1.60. The molecule has 8 heteroatoms. The van der Waals surface area contributed by atoms with Crippen LogP contribution in [-0.4, -0.2) is 60.8 Å². The Morgan fingerprint density at radius 2 is 2.26 bits per heavy atom. The van der Waals surface area contributed by atoms with Crippen LogP contribution in [0.2, 0.25) is 0 Å². The second-order valence-corrected chi connectivity index (χ2v) is 5.73. The maximum atomic E-state index is 12.4. The van der Waals surface area contributed by atoms with E-state index in [9.17, 15) is 4.79 Å². The highest BCUT2D eigenvalue weighted by Gasteiger charge is 2.28. The van der Waals surface area contributed by atoms with Gasteiger partial charge in [0.1, 0.15) is 0 Å². The van der Waals surface area contributed by atoms with Crippen molar-refractivity contribution in [1.29, 1.82) is 0 Å². The van der Waals surface area contributed by atoms with Gasteiger partial charge in [0, 0.05) is 44.8 Å². The SMILES string of the molecule is CNCC(C)C(=O)N(C)C1CCCN(c2cccnn2)C1.Cl.Cl. The zero-order valence-electron chi connectivity index (χ0n) is 13.9. The van der Waals surface area contributed by atoms with Crippen molar-refractivity contribution in [2.24, 2.45) is 5.92 Å². The molecule has 132 valence electrons. The van der Waals surface area contributed by atoms with E-state index < -0.39 is 0 Å². The van der Waals surface area contributed by atoms with Crippen LogP contribution in [-0.2, 0) is 4.79 Å². The summed E-state index contributed by atoms with van der Waals surface area (Å²) in [6.07, 6.45) is 3.80. The number of nitrogens with zero attached hydrogens (tertiary/aromatic N) is 4. The first-order valence-corrected chi connectivity index (χ1v) is 7.57. The highest BCUT2D eigenvalue weighted by Crippen LogP contribution is 2.20. The Morgan fingerprint density at radius 3 is 2.87 bits per heavy atom. The van der Waals surface area contributed by atoms with Crippen molar-refractivity contribution in [2.45, 2.75) is 25.8 Å². The van der Waals surface area contributed by atoms with Crippen molar-refractivity contribution in [1.82, 2.24) is 20.4 Å². The maximum absolute atomic E-state index is 12.4. The Bertz CT molecular complexity index is 462. The molecule has 1 saturated heterocycles. The van der Waals surface area contributed by atoms with Crippen LogP contribution in [0, 0.1) is 5.92 Å². The van der Waals surface area contributed by atoms with E-state index in [0.717, 1.165) is 31.7 Å². The Kier molecular flexibility index (Phi) is 10.1. The lowest BCUT2D eigenvalue weighted by Gasteiger charge is -2.38. The van der Waals surface area contributed by atoms with Crippen molar-refractivity contribution in [3.8, 4) is 0 Å². The highest BCUT2D eigenvalue weighted by atomic mass is 35.5. The average molecular weight is 364 g/mol. The second-order valence-electron chi connectivity index (χ2n) is 5.73. The van der Waals surface area contributed by atoms with Gasteiger partial charge >= 0.3 is 0 Å². The number of hydrogen-bond donors (Lipinski definition) is 1. The van der Waals surface area contributed by atoms with Gasteiger partial charge in [-0.2, -0.15) is 5.10 Å². The highest BCUT2D eigenvalue weighted by molar-refractivity contribution is 5.85. The third-order valence-corrected chi connectivity index (χ3v) is 4.11. The molecule has 0 aliphatic carbocycles. The summed E-state index contributed by atoms with van der Waals surface area (Å²) in [6, 6.07) is 4.11. The molecule has 1 aromatic heterocycles. The summed E-state index contributed by atoms with van der Waals surface area (Å²) < 4.78 is 0. The molecular weight excluding hydrogens is 337 g/mol. The van der Waals surface area contributed by atoms with Crippen molar-refractivity contribution in [3.63, 3.8) is 0 Å². The Morgan fingerprint density at radius 1 is 1.52 bits per heavy atom. The van der Waals surface area contributed by atoms with E-state index in [2.05, 4.69) is 20.4 Å². The molecule has 0 spiro atoms. The standard InChI is InChI=1S/C15H25N5O.2ClH/c1-12(10-16-2)15(21)19(3)13-6-5-9-20(11-13)14-7-4-8-17-18-14;;/h4,7-8,12-13,16H,5-6,9-11H2,1-3H3;2*1H. The van der Waals surface area contributed by atoms with Gasteiger partial charge in [-0.25, -0.2) is 0 Å². The molecule has 2 heterocycles. The molecule has 1 amide bonds. The van der Waals surface area contributed by atoms with Gasteiger partial charge in [0.15, 0.2) is 5.82 Å². The molecule has 0 saturated carbocycles. The molecule has 1 aliphatic rings. The average Bonchev–Trinajstić information content (AvgIpc) is 2.54. The predicted molar refractivity (Wildman–Crippen MR) is 97.6 cm³/mol. The Hall–Kier alpha value is -1.11. The monoisotopic (exact) mass is 363 g/mol. The minimum absolute atomic E-state index is 0. The van der Waals surface area contributed by atoms with Gasteiger partial charge in [-0.05, 0) is 32.0 Å². The maximum Gasteiger partial charge on any atom is 0.226 e. The topological polar surface area (TPSA) is 61.4 Å². The summed E-state index contributed by atoms with van der Waals surface area (Å²) in [4.78, 5) is 16.5. The summed E-state index contributed by atoms with van der Waals surface area (Å²) in [5.74, 6) is 1.11. The number of likely N-dealkylation sites (N-methyl/N-ethyl adjacent to an activating group) is 1. The molecule has 2 rings (SSSR count).